The summed E-state index contributed by atoms with van der Waals surface area (Å²) in [5.41, 5.74) is 0.286. The molecule has 0 amide bonds. The maximum atomic E-state index is 9.48. The largest absolute Gasteiger partial charge is 0.396 e. The summed E-state index contributed by atoms with van der Waals surface area (Å²) in [5, 5.41) is 9.48. The summed E-state index contributed by atoms with van der Waals surface area (Å²) in [7, 11) is 2.19. The average molecular weight is 213 g/mol. The molecular formula is C12H23NO2. The van der Waals surface area contributed by atoms with Crippen LogP contribution in [0, 0.1) is 17.3 Å². The van der Waals surface area contributed by atoms with Crippen molar-refractivity contribution in [3.63, 3.8) is 0 Å². The summed E-state index contributed by atoms with van der Waals surface area (Å²) in [4.78, 5) is 2.40. The molecule has 0 aromatic heterocycles. The van der Waals surface area contributed by atoms with Gasteiger partial charge >= 0.3 is 0 Å². The number of hydrogen-bond acceptors (Lipinski definition) is 3. The molecule has 2 fully saturated rings. The van der Waals surface area contributed by atoms with Crippen LogP contribution in [0.5, 0.6) is 0 Å². The lowest BCUT2D eigenvalue weighted by molar-refractivity contribution is -0.184. The molecule has 0 aromatic carbocycles. The second-order valence-electron chi connectivity index (χ2n) is 5.26. The van der Waals surface area contributed by atoms with E-state index in [0.29, 0.717) is 12.5 Å². The third kappa shape index (κ3) is 1.81. The normalized spacial score (nSPS) is 32.6. The van der Waals surface area contributed by atoms with Gasteiger partial charge in [-0.3, -0.25) is 0 Å². The van der Waals surface area contributed by atoms with E-state index in [1.807, 2.05) is 0 Å². The third-order valence-corrected chi connectivity index (χ3v) is 4.47. The molecule has 2 atom stereocenters. The second-order valence-corrected chi connectivity index (χ2v) is 5.26. The number of aliphatic hydroxyl groups is 1. The summed E-state index contributed by atoms with van der Waals surface area (Å²) < 4.78 is 5.44. The second kappa shape index (κ2) is 4.40. The SMILES string of the molecule is CCC(CO)C1(C2CCN(C)C2)COC1. The first-order valence-corrected chi connectivity index (χ1v) is 6.10. The molecule has 2 unspecified atom stereocenters. The molecule has 0 spiro atoms. The molecule has 15 heavy (non-hydrogen) atoms. The Bertz CT molecular complexity index is 212. The fraction of sp³-hybridized carbons (Fsp3) is 1.00. The van der Waals surface area contributed by atoms with Gasteiger partial charge in [0.15, 0.2) is 0 Å². The van der Waals surface area contributed by atoms with Gasteiger partial charge in [-0.25, -0.2) is 0 Å². The summed E-state index contributed by atoms with van der Waals surface area (Å²) in [6.07, 6.45) is 2.34. The molecule has 3 nitrogen and oxygen atoms in total. The predicted octanol–water partition coefficient (Wildman–Crippen LogP) is 0.973. The van der Waals surface area contributed by atoms with E-state index in [-0.39, 0.29) is 5.41 Å². The van der Waals surface area contributed by atoms with E-state index in [1.165, 1.54) is 19.5 Å². The van der Waals surface area contributed by atoms with Crippen molar-refractivity contribution < 1.29 is 9.84 Å². The highest BCUT2D eigenvalue weighted by Gasteiger charge is 2.51. The molecule has 2 aliphatic rings. The van der Waals surface area contributed by atoms with Gasteiger partial charge in [-0.15, -0.1) is 0 Å². The Morgan fingerprint density at radius 3 is 2.60 bits per heavy atom. The molecular weight excluding hydrogens is 190 g/mol. The van der Waals surface area contributed by atoms with Crippen LogP contribution in [0.3, 0.4) is 0 Å². The van der Waals surface area contributed by atoms with Crippen LogP contribution in [-0.2, 0) is 4.74 Å². The minimum absolute atomic E-state index is 0.286. The molecule has 2 aliphatic heterocycles. The zero-order chi connectivity index (χ0) is 10.9. The van der Waals surface area contributed by atoms with Gasteiger partial charge in [0, 0.05) is 18.6 Å². The molecule has 0 radical (unpaired) electrons. The Kier molecular flexibility index (Phi) is 3.33. The van der Waals surface area contributed by atoms with Crippen LogP contribution in [0.2, 0.25) is 0 Å². The first-order chi connectivity index (χ1) is 7.23. The number of hydrogen-bond donors (Lipinski definition) is 1. The Hall–Kier alpha value is -0.120. The van der Waals surface area contributed by atoms with E-state index in [4.69, 9.17) is 4.74 Å². The number of nitrogens with zero attached hydrogens (tertiary/aromatic N) is 1. The highest BCUT2D eigenvalue weighted by molar-refractivity contribution is 4.99. The van der Waals surface area contributed by atoms with Crippen molar-refractivity contribution in [2.24, 2.45) is 17.3 Å². The first-order valence-electron chi connectivity index (χ1n) is 6.10. The van der Waals surface area contributed by atoms with E-state index in [9.17, 15) is 5.11 Å². The van der Waals surface area contributed by atoms with Crippen LogP contribution < -0.4 is 0 Å². The number of likely N-dealkylation sites (tertiary alicyclic amines) is 1. The van der Waals surface area contributed by atoms with Gasteiger partial charge in [0.1, 0.15) is 0 Å². The Labute approximate surface area is 92.4 Å². The zero-order valence-electron chi connectivity index (χ0n) is 9.91. The lowest BCUT2D eigenvalue weighted by Crippen LogP contribution is -2.55. The molecule has 0 bridgehead atoms. The quantitative estimate of drug-likeness (QED) is 0.755. The first kappa shape index (κ1) is 11.4. The van der Waals surface area contributed by atoms with E-state index in [2.05, 4.69) is 18.9 Å². The predicted molar refractivity (Wildman–Crippen MR) is 59.7 cm³/mol. The fourth-order valence-electron chi connectivity index (χ4n) is 3.26. The van der Waals surface area contributed by atoms with Crippen LogP contribution in [0.15, 0.2) is 0 Å². The molecule has 88 valence electrons. The average Bonchev–Trinajstić information content (AvgIpc) is 2.58. The Morgan fingerprint density at radius 2 is 2.27 bits per heavy atom. The van der Waals surface area contributed by atoms with Gasteiger partial charge in [0.25, 0.3) is 0 Å². The minimum atomic E-state index is 0.286. The monoisotopic (exact) mass is 213 g/mol. The van der Waals surface area contributed by atoms with Gasteiger partial charge in [-0.1, -0.05) is 13.3 Å². The van der Waals surface area contributed by atoms with Gasteiger partial charge in [0.2, 0.25) is 0 Å². The molecule has 2 rings (SSSR count). The summed E-state index contributed by atoms with van der Waals surface area (Å²) in [6, 6.07) is 0. The smallest absolute Gasteiger partial charge is 0.0551 e. The van der Waals surface area contributed by atoms with Crippen molar-refractivity contribution in [1.29, 1.82) is 0 Å². The summed E-state index contributed by atoms with van der Waals surface area (Å²) in [6.45, 7) is 6.61. The highest BCUT2D eigenvalue weighted by atomic mass is 16.5. The molecule has 0 saturated carbocycles. The van der Waals surface area contributed by atoms with Crippen LogP contribution in [0.25, 0.3) is 0 Å². The van der Waals surface area contributed by atoms with E-state index >= 15 is 0 Å². The van der Waals surface area contributed by atoms with Crippen molar-refractivity contribution in [3.8, 4) is 0 Å². The summed E-state index contributed by atoms with van der Waals surface area (Å²) in [5.74, 6) is 1.16. The van der Waals surface area contributed by atoms with Crippen LogP contribution >= 0.6 is 0 Å². The molecule has 0 aromatic rings. The van der Waals surface area contributed by atoms with Crippen molar-refractivity contribution in [2.45, 2.75) is 19.8 Å². The minimum Gasteiger partial charge on any atom is -0.396 e. The molecule has 3 heteroatoms. The van der Waals surface area contributed by atoms with Crippen LogP contribution in [-0.4, -0.2) is 50.0 Å². The standard InChI is InChI=1S/C12H23NO2/c1-3-10(7-14)12(8-15-9-12)11-4-5-13(2)6-11/h10-11,14H,3-9H2,1-2H3. The van der Waals surface area contributed by atoms with Gasteiger partial charge in [-0.2, -0.15) is 0 Å². The van der Waals surface area contributed by atoms with Gasteiger partial charge in [-0.05, 0) is 31.8 Å². The Morgan fingerprint density at radius 1 is 1.53 bits per heavy atom. The van der Waals surface area contributed by atoms with Crippen LogP contribution in [0.1, 0.15) is 19.8 Å². The summed E-state index contributed by atoms with van der Waals surface area (Å²) >= 11 is 0. The van der Waals surface area contributed by atoms with E-state index < -0.39 is 0 Å². The van der Waals surface area contributed by atoms with Gasteiger partial charge < -0.3 is 14.7 Å². The fourth-order valence-corrected chi connectivity index (χ4v) is 3.26. The van der Waals surface area contributed by atoms with Crippen molar-refractivity contribution in [2.75, 3.05) is 40.0 Å². The maximum absolute atomic E-state index is 9.48. The van der Waals surface area contributed by atoms with Crippen molar-refractivity contribution >= 4 is 0 Å². The molecule has 2 heterocycles. The molecule has 2 saturated heterocycles. The maximum Gasteiger partial charge on any atom is 0.0551 e. The van der Waals surface area contributed by atoms with Crippen molar-refractivity contribution in [1.82, 2.24) is 4.90 Å². The number of aliphatic hydroxyl groups excluding tert-OH is 1. The molecule has 1 N–H and O–H groups in total. The zero-order valence-corrected chi connectivity index (χ0v) is 9.91. The van der Waals surface area contributed by atoms with E-state index in [0.717, 1.165) is 25.6 Å². The number of ether oxygens (including phenoxy) is 1. The Balaban J connectivity index is 2.07. The lowest BCUT2D eigenvalue weighted by Gasteiger charge is -2.50. The lowest BCUT2D eigenvalue weighted by atomic mass is 9.64. The topological polar surface area (TPSA) is 32.7 Å². The third-order valence-electron chi connectivity index (χ3n) is 4.47. The highest BCUT2D eigenvalue weighted by Crippen LogP contribution is 2.47. The molecule has 0 aliphatic carbocycles. The van der Waals surface area contributed by atoms with Crippen molar-refractivity contribution in [3.05, 3.63) is 0 Å². The van der Waals surface area contributed by atoms with Gasteiger partial charge in [0.05, 0.1) is 13.2 Å². The van der Waals surface area contributed by atoms with E-state index in [1.54, 1.807) is 0 Å². The van der Waals surface area contributed by atoms with Crippen LogP contribution in [0.4, 0.5) is 0 Å². The number of rotatable bonds is 4.